The maximum Gasteiger partial charge on any atom is 0.132 e. The van der Waals surface area contributed by atoms with Gasteiger partial charge in [0.2, 0.25) is 0 Å². The fraction of sp³-hybridized carbons (Fsp3) is 0.300. The highest BCUT2D eigenvalue weighted by Gasteiger charge is 2.15. The zero-order valence-corrected chi connectivity index (χ0v) is 7.70. The number of para-hydroxylation sites is 1. The zero-order chi connectivity index (χ0) is 9.26. The van der Waals surface area contributed by atoms with Crippen molar-refractivity contribution in [2.75, 3.05) is 25.9 Å². The Balaban J connectivity index is 2.40. The lowest BCUT2D eigenvalue weighted by Gasteiger charge is -2.14. The summed E-state index contributed by atoms with van der Waals surface area (Å²) >= 11 is 0. The molecule has 1 aromatic rings. The second-order valence-electron chi connectivity index (χ2n) is 3.21. The van der Waals surface area contributed by atoms with E-state index < -0.39 is 0 Å². The van der Waals surface area contributed by atoms with Crippen molar-refractivity contribution in [3.05, 3.63) is 29.8 Å². The number of hydrogen-bond donors (Lipinski definition) is 1. The Morgan fingerprint density at radius 2 is 2.15 bits per heavy atom. The Labute approximate surface area is 77.9 Å². The van der Waals surface area contributed by atoms with Crippen LogP contribution in [0.15, 0.2) is 29.3 Å². The van der Waals surface area contributed by atoms with Gasteiger partial charge in [-0.25, -0.2) is 0 Å². The van der Waals surface area contributed by atoms with E-state index in [0.717, 1.165) is 30.2 Å². The topological polar surface area (TPSA) is 41.6 Å². The summed E-state index contributed by atoms with van der Waals surface area (Å²) in [6, 6.07) is 7.84. The number of benzene rings is 1. The molecule has 0 bridgehead atoms. The van der Waals surface area contributed by atoms with Crippen LogP contribution in [0.4, 0.5) is 5.69 Å². The van der Waals surface area contributed by atoms with E-state index in [1.807, 2.05) is 31.3 Å². The van der Waals surface area contributed by atoms with Crippen LogP contribution in [0.25, 0.3) is 0 Å². The van der Waals surface area contributed by atoms with Gasteiger partial charge in [-0.3, -0.25) is 4.99 Å². The first-order valence-electron chi connectivity index (χ1n) is 4.39. The summed E-state index contributed by atoms with van der Waals surface area (Å²) < 4.78 is 0. The van der Waals surface area contributed by atoms with Crippen molar-refractivity contribution in [2.24, 2.45) is 4.99 Å². The molecule has 1 aliphatic heterocycles. The van der Waals surface area contributed by atoms with Crippen LogP contribution in [-0.4, -0.2) is 30.9 Å². The molecule has 68 valence electrons. The molecule has 0 aliphatic carbocycles. The van der Waals surface area contributed by atoms with Crippen LogP contribution in [0.3, 0.4) is 0 Å². The fourth-order valence-electron chi connectivity index (χ4n) is 1.52. The number of aliphatic imine (C=N–C) groups is 1. The molecule has 1 heterocycles. The largest absolute Gasteiger partial charge is 0.398 e. The Bertz CT molecular complexity index is 344. The summed E-state index contributed by atoms with van der Waals surface area (Å²) in [5.74, 6) is 1.01. The molecule has 2 N–H and O–H groups in total. The number of likely N-dealkylation sites (N-methyl/N-ethyl adjacent to an activating group) is 1. The number of hydrogen-bond acceptors (Lipinski definition) is 3. The van der Waals surface area contributed by atoms with Gasteiger partial charge in [0.25, 0.3) is 0 Å². The molecular formula is C10H13N3. The SMILES string of the molecule is CN1CCN=C1c1ccccc1N. The van der Waals surface area contributed by atoms with Crippen LogP contribution in [0.1, 0.15) is 5.56 Å². The van der Waals surface area contributed by atoms with Gasteiger partial charge in [-0.05, 0) is 12.1 Å². The van der Waals surface area contributed by atoms with Crippen LogP contribution < -0.4 is 5.73 Å². The van der Waals surface area contributed by atoms with E-state index in [2.05, 4.69) is 9.89 Å². The second kappa shape index (κ2) is 3.09. The molecule has 2 rings (SSSR count). The monoisotopic (exact) mass is 175 g/mol. The molecule has 13 heavy (non-hydrogen) atoms. The van der Waals surface area contributed by atoms with E-state index in [1.54, 1.807) is 0 Å². The van der Waals surface area contributed by atoms with Gasteiger partial charge < -0.3 is 10.6 Å². The van der Waals surface area contributed by atoms with Crippen molar-refractivity contribution < 1.29 is 0 Å². The normalized spacial score (nSPS) is 16.1. The average Bonchev–Trinajstić information content (AvgIpc) is 2.52. The van der Waals surface area contributed by atoms with E-state index in [0.29, 0.717) is 0 Å². The summed E-state index contributed by atoms with van der Waals surface area (Å²) in [6.45, 7) is 1.86. The Kier molecular flexibility index (Phi) is 1.93. The summed E-state index contributed by atoms with van der Waals surface area (Å²) in [5.41, 5.74) is 7.70. The van der Waals surface area contributed by atoms with E-state index in [9.17, 15) is 0 Å². The number of nitrogens with zero attached hydrogens (tertiary/aromatic N) is 2. The first kappa shape index (κ1) is 8.10. The van der Waals surface area contributed by atoms with Crippen molar-refractivity contribution in [2.45, 2.75) is 0 Å². The molecule has 0 atom stereocenters. The minimum absolute atomic E-state index is 0.801. The molecule has 1 aliphatic rings. The average molecular weight is 175 g/mol. The van der Waals surface area contributed by atoms with Crippen molar-refractivity contribution in [1.82, 2.24) is 4.90 Å². The van der Waals surface area contributed by atoms with Crippen LogP contribution >= 0.6 is 0 Å². The van der Waals surface area contributed by atoms with Gasteiger partial charge in [-0.15, -0.1) is 0 Å². The minimum atomic E-state index is 0.801. The molecule has 0 radical (unpaired) electrons. The third-order valence-corrected chi connectivity index (χ3v) is 2.26. The molecular weight excluding hydrogens is 162 g/mol. The Morgan fingerprint density at radius 1 is 1.38 bits per heavy atom. The predicted octanol–water partition coefficient (Wildman–Crippen LogP) is 0.961. The van der Waals surface area contributed by atoms with Gasteiger partial charge in [0.1, 0.15) is 5.84 Å². The van der Waals surface area contributed by atoms with E-state index in [4.69, 9.17) is 5.73 Å². The highest BCUT2D eigenvalue weighted by atomic mass is 15.2. The van der Waals surface area contributed by atoms with Gasteiger partial charge in [0.15, 0.2) is 0 Å². The number of anilines is 1. The molecule has 3 nitrogen and oxygen atoms in total. The van der Waals surface area contributed by atoms with Gasteiger partial charge in [-0.2, -0.15) is 0 Å². The van der Waals surface area contributed by atoms with Gasteiger partial charge in [0, 0.05) is 24.8 Å². The maximum atomic E-state index is 5.86. The molecule has 0 amide bonds. The Morgan fingerprint density at radius 3 is 2.77 bits per heavy atom. The zero-order valence-electron chi connectivity index (χ0n) is 7.70. The molecule has 1 aromatic carbocycles. The van der Waals surface area contributed by atoms with Gasteiger partial charge >= 0.3 is 0 Å². The van der Waals surface area contributed by atoms with Gasteiger partial charge in [0.05, 0.1) is 6.54 Å². The summed E-state index contributed by atoms with van der Waals surface area (Å²) in [7, 11) is 2.04. The van der Waals surface area contributed by atoms with Crippen LogP contribution in [0.5, 0.6) is 0 Å². The number of amidine groups is 1. The molecule has 0 unspecified atom stereocenters. The fourth-order valence-corrected chi connectivity index (χ4v) is 1.52. The van der Waals surface area contributed by atoms with E-state index in [1.165, 1.54) is 0 Å². The molecule has 0 fully saturated rings. The quantitative estimate of drug-likeness (QED) is 0.646. The van der Waals surface area contributed by atoms with Crippen molar-refractivity contribution in [3.63, 3.8) is 0 Å². The third kappa shape index (κ3) is 1.37. The lowest BCUT2D eigenvalue weighted by atomic mass is 10.1. The summed E-state index contributed by atoms with van der Waals surface area (Å²) in [4.78, 5) is 6.54. The highest BCUT2D eigenvalue weighted by molar-refractivity contribution is 6.03. The van der Waals surface area contributed by atoms with Crippen molar-refractivity contribution in [3.8, 4) is 0 Å². The van der Waals surface area contributed by atoms with Crippen LogP contribution in [-0.2, 0) is 0 Å². The van der Waals surface area contributed by atoms with Crippen LogP contribution in [0.2, 0.25) is 0 Å². The van der Waals surface area contributed by atoms with E-state index in [-0.39, 0.29) is 0 Å². The standard InChI is InChI=1S/C10H13N3/c1-13-7-6-12-10(13)8-4-2-3-5-9(8)11/h2-5H,6-7,11H2,1H3. The first-order valence-corrected chi connectivity index (χ1v) is 4.39. The molecule has 0 aromatic heterocycles. The van der Waals surface area contributed by atoms with Gasteiger partial charge in [-0.1, -0.05) is 12.1 Å². The van der Waals surface area contributed by atoms with Crippen LogP contribution in [0, 0.1) is 0 Å². The number of rotatable bonds is 1. The lowest BCUT2D eigenvalue weighted by molar-refractivity contribution is 0.557. The predicted molar refractivity (Wildman–Crippen MR) is 54.9 cm³/mol. The van der Waals surface area contributed by atoms with Crippen molar-refractivity contribution in [1.29, 1.82) is 0 Å². The smallest absolute Gasteiger partial charge is 0.132 e. The Hall–Kier alpha value is -1.51. The maximum absolute atomic E-state index is 5.86. The second-order valence-corrected chi connectivity index (χ2v) is 3.21. The first-order chi connectivity index (χ1) is 6.29. The molecule has 0 saturated heterocycles. The number of nitrogen functional groups attached to an aromatic ring is 1. The molecule has 3 heteroatoms. The van der Waals surface area contributed by atoms with E-state index >= 15 is 0 Å². The number of nitrogens with two attached hydrogens (primary N) is 1. The summed E-state index contributed by atoms with van der Waals surface area (Å²) in [5, 5.41) is 0. The molecule has 0 saturated carbocycles. The third-order valence-electron chi connectivity index (χ3n) is 2.26. The highest BCUT2D eigenvalue weighted by Crippen LogP contribution is 2.15. The lowest BCUT2D eigenvalue weighted by Crippen LogP contribution is -2.24. The van der Waals surface area contributed by atoms with Crippen molar-refractivity contribution >= 4 is 11.5 Å². The molecule has 0 spiro atoms. The summed E-state index contributed by atoms with van der Waals surface area (Å²) in [6.07, 6.45) is 0. The minimum Gasteiger partial charge on any atom is -0.398 e.